The summed E-state index contributed by atoms with van der Waals surface area (Å²) in [5, 5.41) is 11.8. The number of nitrogens with one attached hydrogen (secondary N) is 1. The fourth-order valence-electron chi connectivity index (χ4n) is 2.82. The molecule has 2 aromatic carbocycles. The minimum absolute atomic E-state index is 0.0339. The van der Waals surface area contributed by atoms with Gasteiger partial charge in [-0.15, -0.1) is 0 Å². The van der Waals surface area contributed by atoms with Crippen molar-refractivity contribution < 1.29 is 23.8 Å². The molecule has 0 heterocycles. The summed E-state index contributed by atoms with van der Waals surface area (Å²) in [5.41, 5.74) is 1.40. The lowest BCUT2D eigenvalue weighted by atomic mass is 9.86. The SMILES string of the molecule is COCCNC(=O)/C(C#N)=C/c1ccc(OC(=O)COc2ccc(Br)cc2C(C)(C)C)cc1. The van der Waals surface area contributed by atoms with E-state index in [9.17, 15) is 14.9 Å². The third-order valence-electron chi connectivity index (χ3n) is 4.47. The summed E-state index contributed by atoms with van der Waals surface area (Å²) in [6, 6.07) is 14.0. The van der Waals surface area contributed by atoms with Gasteiger partial charge in [0.25, 0.3) is 5.91 Å². The highest BCUT2D eigenvalue weighted by molar-refractivity contribution is 9.10. The minimum atomic E-state index is -0.545. The Balaban J connectivity index is 1.98. The van der Waals surface area contributed by atoms with E-state index in [4.69, 9.17) is 14.2 Å². The van der Waals surface area contributed by atoms with Crippen LogP contribution < -0.4 is 14.8 Å². The third kappa shape index (κ3) is 8.37. The average Bonchev–Trinajstić information content (AvgIpc) is 2.77. The fraction of sp³-hybridized carbons (Fsp3) is 0.320. The standard InChI is InChI=1S/C25H27BrN2O5/c1-25(2,3)21-14-19(26)7-10-22(21)32-16-23(29)33-20-8-5-17(6-9-20)13-18(15-27)24(30)28-11-12-31-4/h5-10,13-14H,11-12,16H2,1-4H3,(H,28,30)/b18-13+. The molecule has 0 radical (unpaired) electrons. The maximum atomic E-state index is 12.3. The predicted octanol–water partition coefficient (Wildman–Crippen LogP) is 4.40. The van der Waals surface area contributed by atoms with E-state index in [2.05, 4.69) is 42.0 Å². The summed E-state index contributed by atoms with van der Waals surface area (Å²) < 4.78 is 16.8. The topological polar surface area (TPSA) is 97.6 Å². The van der Waals surface area contributed by atoms with E-state index in [-0.39, 0.29) is 17.6 Å². The molecule has 0 unspecified atom stereocenters. The first-order chi connectivity index (χ1) is 15.6. The van der Waals surface area contributed by atoms with Crippen LogP contribution in [0.1, 0.15) is 31.9 Å². The van der Waals surface area contributed by atoms with Gasteiger partial charge >= 0.3 is 5.97 Å². The average molecular weight is 515 g/mol. The molecule has 174 valence electrons. The number of nitrogens with zero attached hydrogens (tertiary/aromatic N) is 1. The molecule has 7 nitrogen and oxygen atoms in total. The molecule has 0 bridgehead atoms. The molecule has 0 aliphatic rings. The molecule has 2 rings (SSSR count). The maximum absolute atomic E-state index is 12.3. The van der Waals surface area contributed by atoms with Crippen LogP contribution in [0.2, 0.25) is 0 Å². The van der Waals surface area contributed by atoms with E-state index in [1.807, 2.05) is 24.3 Å². The summed E-state index contributed by atoms with van der Waals surface area (Å²) in [6.07, 6.45) is 1.46. The second kappa shape index (κ2) is 12.2. The smallest absolute Gasteiger partial charge is 0.349 e. The molecular formula is C25H27BrN2O5. The second-order valence-electron chi connectivity index (χ2n) is 8.14. The molecule has 0 aliphatic carbocycles. The van der Waals surface area contributed by atoms with Gasteiger partial charge in [0.1, 0.15) is 23.1 Å². The number of benzene rings is 2. The van der Waals surface area contributed by atoms with Crippen LogP contribution in [0.25, 0.3) is 6.08 Å². The summed E-state index contributed by atoms with van der Waals surface area (Å²) >= 11 is 3.46. The highest BCUT2D eigenvalue weighted by Gasteiger charge is 2.20. The van der Waals surface area contributed by atoms with Crippen LogP contribution in [0, 0.1) is 11.3 Å². The zero-order valence-corrected chi connectivity index (χ0v) is 20.7. The van der Waals surface area contributed by atoms with Crippen molar-refractivity contribution in [2.45, 2.75) is 26.2 Å². The van der Waals surface area contributed by atoms with Gasteiger partial charge in [-0.3, -0.25) is 4.79 Å². The van der Waals surface area contributed by atoms with Crippen molar-refractivity contribution in [1.82, 2.24) is 5.32 Å². The zero-order valence-electron chi connectivity index (χ0n) is 19.1. The number of rotatable bonds is 9. The van der Waals surface area contributed by atoms with Gasteiger partial charge in [-0.1, -0.05) is 48.8 Å². The van der Waals surface area contributed by atoms with E-state index in [0.29, 0.717) is 30.2 Å². The van der Waals surface area contributed by atoms with E-state index in [1.54, 1.807) is 24.3 Å². The monoisotopic (exact) mass is 514 g/mol. The molecule has 0 saturated heterocycles. The molecule has 0 spiro atoms. The molecule has 8 heteroatoms. The van der Waals surface area contributed by atoms with Crippen LogP contribution in [0.5, 0.6) is 11.5 Å². The van der Waals surface area contributed by atoms with Crippen molar-refractivity contribution in [3.63, 3.8) is 0 Å². The largest absolute Gasteiger partial charge is 0.482 e. The van der Waals surface area contributed by atoms with Crippen LogP contribution in [0.15, 0.2) is 52.5 Å². The number of carbonyl (C=O) groups is 2. The van der Waals surface area contributed by atoms with Crippen LogP contribution >= 0.6 is 15.9 Å². The van der Waals surface area contributed by atoms with Gasteiger partial charge in [-0.2, -0.15) is 5.26 Å². The minimum Gasteiger partial charge on any atom is -0.482 e. The third-order valence-corrected chi connectivity index (χ3v) is 4.97. The molecule has 1 N–H and O–H groups in total. The summed E-state index contributed by atoms with van der Waals surface area (Å²) in [7, 11) is 1.53. The van der Waals surface area contributed by atoms with Crippen LogP contribution in [0.3, 0.4) is 0 Å². The maximum Gasteiger partial charge on any atom is 0.349 e. The van der Waals surface area contributed by atoms with Gasteiger partial charge in [-0.05, 0) is 47.4 Å². The van der Waals surface area contributed by atoms with Crippen LogP contribution in [-0.2, 0) is 19.7 Å². The Labute approximate surface area is 202 Å². The number of carbonyl (C=O) groups excluding carboxylic acids is 2. The number of nitriles is 1. The Kier molecular flexibility index (Phi) is 9.64. The van der Waals surface area contributed by atoms with Crippen LogP contribution in [0.4, 0.5) is 0 Å². The lowest BCUT2D eigenvalue weighted by Gasteiger charge is -2.23. The zero-order chi connectivity index (χ0) is 24.4. The first-order valence-electron chi connectivity index (χ1n) is 10.3. The number of halogens is 1. The number of ether oxygens (including phenoxy) is 3. The number of methoxy groups -OCH3 is 1. The first kappa shape index (κ1) is 26.1. The molecule has 0 atom stereocenters. The Morgan fingerprint density at radius 3 is 2.45 bits per heavy atom. The highest BCUT2D eigenvalue weighted by Crippen LogP contribution is 2.33. The molecule has 1 amide bonds. The molecule has 0 aliphatic heterocycles. The van der Waals surface area contributed by atoms with E-state index >= 15 is 0 Å². The predicted molar refractivity (Wildman–Crippen MR) is 129 cm³/mol. The Hall–Kier alpha value is -3.15. The van der Waals surface area contributed by atoms with Gasteiger partial charge in [0.05, 0.1) is 6.61 Å². The molecule has 2 aromatic rings. The van der Waals surface area contributed by atoms with E-state index in [0.717, 1.165) is 10.0 Å². The number of amides is 1. The van der Waals surface area contributed by atoms with Crippen molar-refractivity contribution >= 4 is 33.9 Å². The van der Waals surface area contributed by atoms with Crippen molar-refractivity contribution in [2.24, 2.45) is 0 Å². The Morgan fingerprint density at radius 2 is 1.85 bits per heavy atom. The van der Waals surface area contributed by atoms with Gasteiger partial charge < -0.3 is 19.5 Å². The van der Waals surface area contributed by atoms with Gasteiger partial charge in [0.15, 0.2) is 6.61 Å². The number of hydrogen-bond acceptors (Lipinski definition) is 6. The van der Waals surface area contributed by atoms with Crippen LogP contribution in [-0.4, -0.2) is 38.7 Å². The van der Waals surface area contributed by atoms with E-state index in [1.165, 1.54) is 13.2 Å². The highest BCUT2D eigenvalue weighted by atomic mass is 79.9. The van der Waals surface area contributed by atoms with E-state index < -0.39 is 11.9 Å². The quantitative estimate of drug-likeness (QED) is 0.175. The molecule has 0 aromatic heterocycles. The first-order valence-corrected chi connectivity index (χ1v) is 11.1. The molecule has 0 saturated carbocycles. The van der Waals surface area contributed by atoms with Crippen molar-refractivity contribution in [3.05, 3.63) is 63.6 Å². The van der Waals surface area contributed by atoms with Crippen molar-refractivity contribution in [2.75, 3.05) is 26.9 Å². The van der Waals surface area contributed by atoms with Crippen molar-refractivity contribution in [1.29, 1.82) is 5.26 Å². The van der Waals surface area contributed by atoms with Crippen molar-refractivity contribution in [3.8, 4) is 17.6 Å². The summed E-state index contributed by atoms with van der Waals surface area (Å²) in [6.45, 7) is 6.62. The summed E-state index contributed by atoms with van der Waals surface area (Å²) in [4.78, 5) is 24.3. The lowest BCUT2D eigenvalue weighted by molar-refractivity contribution is -0.136. The summed E-state index contributed by atoms with van der Waals surface area (Å²) in [5.74, 6) is -0.0762. The van der Waals surface area contributed by atoms with Gasteiger partial charge in [-0.25, -0.2) is 4.79 Å². The lowest BCUT2D eigenvalue weighted by Crippen LogP contribution is -2.27. The Bertz CT molecular complexity index is 1050. The number of hydrogen-bond donors (Lipinski definition) is 1. The normalized spacial score (nSPS) is 11.5. The fourth-order valence-corrected chi connectivity index (χ4v) is 3.18. The molecular weight excluding hydrogens is 488 g/mol. The molecule has 33 heavy (non-hydrogen) atoms. The number of esters is 1. The molecule has 0 fully saturated rings. The Morgan fingerprint density at radius 1 is 1.15 bits per heavy atom. The van der Waals surface area contributed by atoms with Gasteiger partial charge in [0.2, 0.25) is 0 Å². The second-order valence-corrected chi connectivity index (χ2v) is 9.06. The van der Waals surface area contributed by atoms with Gasteiger partial charge in [0, 0.05) is 23.7 Å².